The molecule has 0 bridgehead atoms. The van der Waals surface area contributed by atoms with Gasteiger partial charge in [-0.15, -0.1) is 11.3 Å². The summed E-state index contributed by atoms with van der Waals surface area (Å²) in [5.74, 6) is -0.427. The first-order chi connectivity index (χ1) is 16.3. The van der Waals surface area contributed by atoms with E-state index in [2.05, 4.69) is 25.0 Å². The summed E-state index contributed by atoms with van der Waals surface area (Å²) in [6.07, 6.45) is -1.48. The zero-order valence-corrected chi connectivity index (χ0v) is 20.6. The van der Waals surface area contributed by atoms with Crippen LogP contribution >= 0.6 is 11.3 Å². The van der Waals surface area contributed by atoms with Crippen LogP contribution in [0.3, 0.4) is 0 Å². The maximum Gasteiger partial charge on any atom is 0.434 e. The first-order valence-electron chi connectivity index (χ1n) is 10.6. The van der Waals surface area contributed by atoms with Crippen molar-refractivity contribution in [2.24, 2.45) is 0 Å². The molecule has 0 radical (unpaired) electrons. The lowest BCUT2D eigenvalue weighted by Crippen LogP contribution is -2.41. The van der Waals surface area contributed by atoms with Crippen LogP contribution < -0.4 is 10.0 Å². The fraction of sp³-hybridized carbons (Fsp3) is 0.364. The lowest BCUT2D eigenvalue weighted by Gasteiger charge is -2.25. The van der Waals surface area contributed by atoms with Crippen molar-refractivity contribution >= 4 is 32.4 Å². The summed E-state index contributed by atoms with van der Waals surface area (Å²) in [6.45, 7) is 5.29. The fourth-order valence-corrected chi connectivity index (χ4v) is 6.00. The Hall–Kier alpha value is -3.06. The Kier molecular flexibility index (Phi) is 6.34. The van der Waals surface area contributed by atoms with E-state index in [1.54, 1.807) is 20.8 Å². The van der Waals surface area contributed by atoms with E-state index >= 15 is 0 Å². The van der Waals surface area contributed by atoms with Gasteiger partial charge in [0.2, 0.25) is 10.0 Å². The van der Waals surface area contributed by atoms with Crippen LogP contribution in [0.4, 0.5) is 18.3 Å². The predicted octanol–water partition coefficient (Wildman–Crippen LogP) is 4.50. The molecule has 1 amide bonds. The molecule has 186 valence electrons. The highest BCUT2D eigenvalue weighted by Gasteiger charge is 2.37. The maximum absolute atomic E-state index is 12.9. The molecule has 13 heteroatoms. The Morgan fingerprint density at radius 2 is 1.74 bits per heavy atom. The quantitative estimate of drug-likeness (QED) is 0.470. The second kappa shape index (κ2) is 8.86. The van der Waals surface area contributed by atoms with Crippen molar-refractivity contribution in [2.75, 3.05) is 4.72 Å². The molecule has 1 fully saturated rings. The summed E-state index contributed by atoms with van der Waals surface area (Å²) in [7, 11) is -3.45. The van der Waals surface area contributed by atoms with Crippen molar-refractivity contribution < 1.29 is 26.4 Å². The minimum Gasteiger partial charge on any atom is -0.341 e. The largest absolute Gasteiger partial charge is 0.434 e. The molecule has 0 unspecified atom stereocenters. The van der Waals surface area contributed by atoms with E-state index in [1.807, 2.05) is 0 Å². The average Bonchev–Trinajstić information content (AvgIpc) is 3.57. The zero-order chi connectivity index (χ0) is 25.6. The number of rotatable bonds is 7. The summed E-state index contributed by atoms with van der Waals surface area (Å²) in [4.78, 5) is 25.2. The maximum atomic E-state index is 12.9. The molecule has 1 aliphatic carbocycles. The second-order valence-corrected chi connectivity index (χ2v) is 11.9. The minimum atomic E-state index is -4.61. The highest BCUT2D eigenvalue weighted by atomic mass is 32.2. The van der Waals surface area contributed by atoms with Crippen LogP contribution in [0.1, 0.15) is 53.3 Å². The Balaban J connectivity index is 1.49. The van der Waals surface area contributed by atoms with Gasteiger partial charge in [0.15, 0.2) is 10.8 Å². The van der Waals surface area contributed by atoms with Crippen LogP contribution in [0.5, 0.6) is 0 Å². The van der Waals surface area contributed by atoms with E-state index in [9.17, 15) is 26.4 Å². The fourth-order valence-electron chi connectivity index (χ4n) is 3.45. The van der Waals surface area contributed by atoms with Crippen LogP contribution in [-0.2, 0) is 21.7 Å². The van der Waals surface area contributed by atoms with Gasteiger partial charge in [-0.25, -0.2) is 18.4 Å². The number of nitrogens with zero attached hydrogens (tertiary/aromatic N) is 3. The zero-order valence-electron chi connectivity index (χ0n) is 19.0. The van der Waals surface area contributed by atoms with E-state index in [0.29, 0.717) is 30.3 Å². The summed E-state index contributed by atoms with van der Waals surface area (Å²) in [5.41, 5.74) is -0.805. The number of thiazole rings is 1. The van der Waals surface area contributed by atoms with Crippen molar-refractivity contribution in [3.8, 4) is 11.3 Å². The molecule has 2 N–H and O–H groups in total. The van der Waals surface area contributed by atoms with Crippen LogP contribution in [0, 0.1) is 6.92 Å². The lowest BCUT2D eigenvalue weighted by molar-refractivity contribution is -0.141. The number of carbonyl (C=O) groups is 1. The molecule has 4 rings (SSSR count). The number of alkyl halides is 3. The van der Waals surface area contributed by atoms with Gasteiger partial charge in [-0.2, -0.15) is 13.2 Å². The number of amides is 1. The predicted molar refractivity (Wildman–Crippen MR) is 125 cm³/mol. The van der Waals surface area contributed by atoms with Crippen molar-refractivity contribution in [2.45, 2.75) is 50.6 Å². The van der Waals surface area contributed by atoms with E-state index in [0.717, 1.165) is 4.88 Å². The summed E-state index contributed by atoms with van der Waals surface area (Å²) in [5, 5.41) is 2.75. The smallest absolute Gasteiger partial charge is 0.341 e. The van der Waals surface area contributed by atoms with Gasteiger partial charge in [-0.05, 0) is 45.7 Å². The molecule has 1 aliphatic rings. The Morgan fingerprint density at radius 1 is 1.09 bits per heavy atom. The average molecular weight is 526 g/mol. The van der Waals surface area contributed by atoms with Crippen molar-refractivity contribution in [3.63, 3.8) is 0 Å². The summed E-state index contributed by atoms with van der Waals surface area (Å²) in [6, 6.07) is 5.94. The van der Waals surface area contributed by atoms with E-state index in [-0.39, 0.29) is 21.6 Å². The Bertz CT molecular complexity index is 1370. The summed E-state index contributed by atoms with van der Waals surface area (Å²) >= 11 is 1.19. The lowest BCUT2D eigenvalue weighted by atomic mass is 9.98. The number of aryl methyl sites for hydroxylation is 1. The van der Waals surface area contributed by atoms with Gasteiger partial charge in [-0.1, -0.05) is 12.1 Å². The molecule has 2 heterocycles. The molecule has 35 heavy (non-hydrogen) atoms. The highest BCUT2D eigenvalue weighted by Crippen LogP contribution is 2.34. The van der Waals surface area contributed by atoms with Crippen LogP contribution in [-0.4, -0.2) is 34.5 Å². The van der Waals surface area contributed by atoms with Crippen LogP contribution in [0.25, 0.3) is 11.3 Å². The minimum absolute atomic E-state index is 0.0337. The normalized spacial score (nSPS) is 14.6. The van der Waals surface area contributed by atoms with Gasteiger partial charge in [0.1, 0.15) is 0 Å². The van der Waals surface area contributed by atoms with Crippen LogP contribution in [0.2, 0.25) is 0 Å². The molecule has 1 saturated carbocycles. The van der Waals surface area contributed by atoms with E-state index in [4.69, 9.17) is 0 Å². The first-order valence-corrected chi connectivity index (χ1v) is 12.9. The summed E-state index contributed by atoms with van der Waals surface area (Å²) < 4.78 is 65.7. The molecular formula is C22H22F3N5O3S2. The topological polar surface area (TPSA) is 114 Å². The number of hydrogen-bond donors (Lipinski definition) is 2. The molecule has 0 atom stereocenters. The van der Waals surface area contributed by atoms with Crippen LogP contribution in [0.15, 0.2) is 36.7 Å². The van der Waals surface area contributed by atoms with Crippen molar-refractivity contribution in [1.29, 1.82) is 0 Å². The highest BCUT2D eigenvalue weighted by molar-refractivity contribution is 7.93. The van der Waals surface area contributed by atoms with Gasteiger partial charge >= 0.3 is 6.18 Å². The Labute approximate surface area is 204 Å². The molecule has 0 aliphatic heterocycles. The molecule has 3 aromatic rings. The van der Waals surface area contributed by atoms with Gasteiger partial charge in [0, 0.05) is 16.0 Å². The monoisotopic (exact) mass is 525 g/mol. The second-order valence-electron chi connectivity index (χ2n) is 8.71. The standard InChI is InChI=1S/C22H22F3N5O3S2/c1-12-18(28-20(34-12)30-35(32,33)15-8-9-15)21(2,3)29-19(31)14-6-4-13(5-7-14)16-10-26-11-17(27-16)22(23,24)25/h4-7,10-11,15H,8-9H2,1-3H3,(H,28,30)(H,29,31). The molecule has 0 spiro atoms. The van der Waals surface area contributed by atoms with Gasteiger partial charge in [0.25, 0.3) is 5.91 Å². The van der Waals surface area contributed by atoms with Crippen molar-refractivity contribution in [1.82, 2.24) is 20.3 Å². The number of halogens is 3. The number of anilines is 1. The van der Waals surface area contributed by atoms with E-state index in [1.165, 1.54) is 41.8 Å². The number of benzene rings is 1. The third-order valence-electron chi connectivity index (χ3n) is 5.38. The third-order valence-corrected chi connectivity index (χ3v) is 8.22. The SMILES string of the molecule is Cc1sc(NS(=O)(=O)C2CC2)nc1C(C)(C)NC(=O)c1ccc(-c2cncc(C(F)(F)F)n2)cc1. The molecule has 8 nitrogen and oxygen atoms in total. The molecule has 1 aromatic carbocycles. The van der Waals surface area contributed by atoms with Gasteiger partial charge in [0.05, 0.1) is 34.6 Å². The molecular weight excluding hydrogens is 503 g/mol. The number of nitrogens with one attached hydrogen (secondary N) is 2. The van der Waals surface area contributed by atoms with Gasteiger partial charge < -0.3 is 5.32 Å². The number of hydrogen-bond acceptors (Lipinski definition) is 7. The first kappa shape index (κ1) is 25.0. The number of aromatic nitrogens is 3. The molecule has 2 aromatic heterocycles. The number of sulfonamides is 1. The Morgan fingerprint density at radius 3 is 2.34 bits per heavy atom. The van der Waals surface area contributed by atoms with Crippen molar-refractivity contribution in [3.05, 3.63) is 58.5 Å². The third kappa shape index (κ3) is 5.61. The van der Waals surface area contributed by atoms with E-state index < -0.39 is 33.3 Å². The molecule has 0 saturated heterocycles. The van der Waals surface area contributed by atoms with Gasteiger partial charge in [-0.3, -0.25) is 14.5 Å². The number of carbonyl (C=O) groups excluding carboxylic acids is 1.